The Morgan fingerprint density at radius 3 is 2.30 bits per heavy atom. The summed E-state index contributed by atoms with van der Waals surface area (Å²) in [5.74, 6) is -0.793. The Morgan fingerprint density at radius 2 is 1.70 bits per heavy atom. The minimum atomic E-state index is -0.631. The van der Waals surface area contributed by atoms with Crippen molar-refractivity contribution in [2.45, 2.75) is 13.0 Å². The van der Waals surface area contributed by atoms with Gasteiger partial charge in [-0.25, -0.2) is 8.78 Å². The zero-order valence-electron chi connectivity index (χ0n) is 10.7. The highest BCUT2D eigenvalue weighted by molar-refractivity contribution is 6.32. The maximum Gasteiger partial charge on any atom is 0.138 e. The first kappa shape index (κ1) is 14.8. The molecular weight excluding hydrogens is 284 g/mol. The second kappa shape index (κ2) is 6.68. The van der Waals surface area contributed by atoms with Crippen LogP contribution in [0.25, 0.3) is 0 Å². The van der Waals surface area contributed by atoms with Crippen molar-refractivity contribution in [3.63, 3.8) is 0 Å². The maximum atomic E-state index is 13.0. The predicted molar refractivity (Wildman–Crippen MR) is 74.9 cm³/mol. The van der Waals surface area contributed by atoms with E-state index in [0.717, 1.165) is 18.1 Å². The molecule has 0 unspecified atom stereocenters. The van der Waals surface area contributed by atoms with Gasteiger partial charge in [0, 0.05) is 6.07 Å². The summed E-state index contributed by atoms with van der Waals surface area (Å²) < 4.78 is 31.5. The lowest BCUT2D eigenvalue weighted by atomic mass is 10.1. The van der Waals surface area contributed by atoms with Gasteiger partial charge >= 0.3 is 0 Å². The normalized spacial score (nSPS) is 10.6. The SMILES string of the molecule is NCCc1ccc(OCc2cc(F)cc(F)c2)c(Cl)c1. The molecule has 2 nitrogen and oxygen atoms in total. The van der Waals surface area contributed by atoms with Gasteiger partial charge in [0.2, 0.25) is 0 Å². The summed E-state index contributed by atoms with van der Waals surface area (Å²) >= 11 is 6.08. The monoisotopic (exact) mass is 297 g/mol. The topological polar surface area (TPSA) is 35.2 Å². The van der Waals surface area contributed by atoms with Crippen LogP contribution < -0.4 is 10.5 Å². The molecule has 0 heterocycles. The van der Waals surface area contributed by atoms with Crippen molar-refractivity contribution in [2.75, 3.05) is 6.54 Å². The molecule has 0 aliphatic heterocycles. The van der Waals surface area contributed by atoms with Crippen LogP contribution in [0, 0.1) is 11.6 Å². The van der Waals surface area contributed by atoms with E-state index in [1.807, 2.05) is 6.07 Å². The van der Waals surface area contributed by atoms with E-state index in [9.17, 15) is 8.78 Å². The molecule has 2 rings (SSSR count). The molecule has 0 radical (unpaired) electrons. The summed E-state index contributed by atoms with van der Waals surface area (Å²) in [4.78, 5) is 0. The summed E-state index contributed by atoms with van der Waals surface area (Å²) in [6.07, 6.45) is 0.731. The van der Waals surface area contributed by atoms with E-state index in [1.165, 1.54) is 12.1 Å². The van der Waals surface area contributed by atoms with Crippen molar-refractivity contribution in [1.82, 2.24) is 0 Å². The Morgan fingerprint density at radius 1 is 1.00 bits per heavy atom. The molecule has 0 saturated heterocycles. The standard InChI is InChI=1S/C15H14ClF2NO/c16-14-7-10(3-4-19)1-2-15(14)20-9-11-5-12(17)8-13(18)6-11/h1-2,5-8H,3-4,9,19H2. The lowest BCUT2D eigenvalue weighted by molar-refractivity contribution is 0.305. The minimum absolute atomic E-state index is 0.0463. The van der Waals surface area contributed by atoms with Crippen LogP contribution in [0.3, 0.4) is 0 Å². The van der Waals surface area contributed by atoms with Gasteiger partial charge in [-0.3, -0.25) is 0 Å². The summed E-state index contributed by atoms with van der Waals surface area (Å²) in [5, 5.41) is 0.452. The van der Waals surface area contributed by atoms with Crippen LogP contribution in [0.15, 0.2) is 36.4 Å². The third-order valence-corrected chi connectivity index (χ3v) is 3.04. The van der Waals surface area contributed by atoms with Crippen molar-refractivity contribution in [3.05, 3.63) is 64.2 Å². The fraction of sp³-hybridized carbons (Fsp3) is 0.200. The van der Waals surface area contributed by atoms with Crippen molar-refractivity contribution in [3.8, 4) is 5.75 Å². The van der Waals surface area contributed by atoms with E-state index in [4.69, 9.17) is 22.1 Å². The number of halogens is 3. The lowest BCUT2D eigenvalue weighted by Gasteiger charge is -2.09. The Kier molecular flexibility index (Phi) is 4.93. The molecule has 106 valence electrons. The van der Waals surface area contributed by atoms with Gasteiger partial charge in [0.15, 0.2) is 0 Å². The van der Waals surface area contributed by atoms with E-state index in [0.29, 0.717) is 22.9 Å². The fourth-order valence-corrected chi connectivity index (χ4v) is 2.10. The second-order valence-electron chi connectivity index (χ2n) is 4.37. The number of nitrogens with two attached hydrogens (primary N) is 1. The van der Waals surface area contributed by atoms with E-state index < -0.39 is 11.6 Å². The molecule has 5 heteroatoms. The zero-order chi connectivity index (χ0) is 14.5. The first-order chi connectivity index (χ1) is 9.58. The van der Waals surface area contributed by atoms with Crippen LogP contribution in [0.1, 0.15) is 11.1 Å². The van der Waals surface area contributed by atoms with Gasteiger partial charge in [0.05, 0.1) is 5.02 Å². The van der Waals surface area contributed by atoms with Gasteiger partial charge in [-0.15, -0.1) is 0 Å². The van der Waals surface area contributed by atoms with Crippen molar-refractivity contribution in [2.24, 2.45) is 5.73 Å². The highest BCUT2D eigenvalue weighted by Gasteiger charge is 2.05. The molecule has 0 aliphatic carbocycles. The number of hydrogen-bond donors (Lipinski definition) is 1. The average Bonchev–Trinajstić information content (AvgIpc) is 2.37. The summed E-state index contributed by atoms with van der Waals surface area (Å²) in [6.45, 7) is 0.587. The molecule has 0 aliphatic rings. The van der Waals surface area contributed by atoms with Gasteiger partial charge in [0.25, 0.3) is 0 Å². The molecular formula is C15H14ClF2NO. The maximum absolute atomic E-state index is 13.0. The van der Waals surface area contributed by atoms with Crippen LogP contribution in [0.4, 0.5) is 8.78 Å². The highest BCUT2D eigenvalue weighted by atomic mass is 35.5. The Labute approximate surface area is 121 Å². The third kappa shape index (κ3) is 3.92. The number of rotatable bonds is 5. The minimum Gasteiger partial charge on any atom is -0.487 e. The van der Waals surface area contributed by atoms with Crippen molar-refractivity contribution in [1.29, 1.82) is 0 Å². The molecule has 0 aromatic heterocycles. The van der Waals surface area contributed by atoms with E-state index in [-0.39, 0.29) is 6.61 Å². The zero-order valence-corrected chi connectivity index (χ0v) is 11.5. The van der Waals surface area contributed by atoms with E-state index in [2.05, 4.69) is 0 Å². The van der Waals surface area contributed by atoms with E-state index in [1.54, 1.807) is 12.1 Å². The summed E-state index contributed by atoms with van der Waals surface area (Å²) in [5.41, 5.74) is 6.89. The Bertz CT molecular complexity index is 584. The second-order valence-corrected chi connectivity index (χ2v) is 4.78. The van der Waals surface area contributed by atoms with Gasteiger partial charge in [-0.1, -0.05) is 17.7 Å². The van der Waals surface area contributed by atoms with Gasteiger partial charge in [-0.2, -0.15) is 0 Å². The largest absolute Gasteiger partial charge is 0.487 e. The Hall–Kier alpha value is -1.65. The Balaban J connectivity index is 2.06. The van der Waals surface area contributed by atoms with Gasteiger partial charge in [0.1, 0.15) is 24.0 Å². The first-order valence-electron chi connectivity index (χ1n) is 6.15. The number of benzene rings is 2. The molecule has 0 spiro atoms. The van der Waals surface area contributed by atoms with Gasteiger partial charge < -0.3 is 10.5 Å². The molecule has 0 fully saturated rings. The van der Waals surface area contributed by atoms with Crippen LogP contribution in [0.2, 0.25) is 5.02 Å². The third-order valence-electron chi connectivity index (χ3n) is 2.75. The highest BCUT2D eigenvalue weighted by Crippen LogP contribution is 2.26. The number of ether oxygens (including phenoxy) is 1. The van der Waals surface area contributed by atoms with E-state index >= 15 is 0 Å². The molecule has 2 aromatic carbocycles. The first-order valence-corrected chi connectivity index (χ1v) is 6.52. The predicted octanol–water partition coefficient (Wildman–Crippen LogP) is 3.70. The average molecular weight is 298 g/mol. The smallest absolute Gasteiger partial charge is 0.138 e. The molecule has 2 aromatic rings. The van der Waals surface area contributed by atoms with Crippen molar-refractivity contribution >= 4 is 11.6 Å². The molecule has 0 amide bonds. The molecule has 0 bridgehead atoms. The molecule has 20 heavy (non-hydrogen) atoms. The lowest BCUT2D eigenvalue weighted by Crippen LogP contribution is -2.03. The fourth-order valence-electron chi connectivity index (χ4n) is 1.84. The molecule has 2 N–H and O–H groups in total. The van der Waals surface area contributed by atoms with Crippen molar-refractivity contribution < 1.29 is 13.5 Å². The molecule has 0 atom stereocenters. The summed E-state index contributed by atoms with van der Waals surface area (Å²) in [7, 11) is 0. The molecule has 0 saturated carbocycles. The quantitative estimate of drug-likeness (QED) is 0.913. The summed E-state index contributed by atoms with van der Waals surface area (Å²) in [6, 6.07) is 8.62. The number of hydrogen-bond acceptors (Lipinski definition) is 2. The van der Waals surface area contributed by atoms with Crippen LogP contribution in [-0.2, 0) is 13.0 Å². The van der Waals surface area contributed by atoms with Gasteiger partial charge in [-0.05, 0) is 48.4 Å². The van der Waals surface area contributed by atoms with Crippen LogP contribution in [0.5, 0.6) is 5.75 Å². The van der Waals surface area contributed by atoms with Crippen LogP contribution >= 0.6 is 11.6 Å². The van der Waals surface area contributed by atoms with Crippen LogP contribution in [-0.4, -0.2) is 6.54 Å².